The van der Waals surface area contributed by atoms with E-state index >= 15 is 0 Å². The Labute approximate surface area is 95.6 Å². The van der Waals surface area contributed by atoms with E-state index in [1.54, 1.807) is 0 Å². The maximum atomic E-state index is 12.3. The standard InChI is InChI=1S/C7H2ClF3INO/c8-6(14)5-1-3(7(9,10)11)4(12)2-13-5/h1-2H. The van der Waals surface area contributed by atoms with Crippen LogP contribution in [0.25, 0.3) is 0 Å². The largest absolute Gasteiger partial charge is 0.417 e. The molecule has 0 aromatic carbocycles. The Bertz CT molecular complexity index is 380. The molecule has 0 amide bonds. The third kappa shape index (κ3) is 2.57. The summed E-state index contributed by atoms with van der Waals surface area (Å²) in [6.45, 7) is 0. The van der Waals surface area contributed by atoms with Gasteiger partial charge in [0.15, 0.2) is 0 Å². The molecule has 0 saturated heterocycles. The molecule has 0 fully saturated rings. The molecule has 0 N–H and O–H groups in total. The van der Waals surface area contributed by atoms with Crippen LogP contribution < -0.4 is 0 Å². The van der Waals surface area contributed by atoms with Crippen molar-refractivity contribution in [2.45, 2.75) is 6.18 Å². The van der Waals surface area contributed by atoms with Crippen LogP contribution in [0.3, 0.4) is 0 Å². The average Bonchev–Trinajstić information content (AvgIpc) is 2.02. The second-order valence-electron chi connectivity index (χ2n) is 2.32. The fraction of sp³-hybridized carbons (Fsp3) is 0.143. The average molecular weight is 335 g/mol. The number of carbonyl (C=O) groups is 1. The van der Waals surface area contributed by atoms with Crippen LogP contribution in [0.1, 0.15) is 16.1 Å². The van der Waals surface area contributed by atoms with Crippen LogP contribution in [0, 0.1) is 3.57 Å². The van der Waals surface area contributed by atoms with E-state index in [0.29, 0.717) is 6.07 Å². The molecule has 0 aliphatic carbocycles. The van der Waals surface area contributed by atoms with E-state index < -0.39 is 22.7 Å². The summed E-state index contributed by atoms with van der Waals surface area (Å²) in [6, 6.07) is 0.636. The summed E-state index contributed by atoms with van der Waals surface area (Å²) in [5.74, 6) is 0. The molecule has 0 radical (unpaired) electrons. The van der Waals surface area contributed by atoms with Crippen LogP contribution in [-0.2, 0) is 6.18 Å². The summed E-state index contributed by atoms with van der Waals surface area (Å²) in [5, 5.41) is -1.01. The van der Waals surface area contributed by atoms with Crippen LogP contribution in [0.4, 0.5) is 13.2 Å². The number of alkyl halides is 3. The lowest BCUT2D eigenvalue weighted by Gasteiger charge is -2.08. The van der Waals surface area contributed by atoms with Gasteiger partial charge in [0.1, 0.15) is 5.69 Å². The van der Waals surface area contributed by atoms with E-state index in [1.807, 2.05) is 0 Å². The van der Waals surface area contributed by atoms with E-state index in [2.05, 4.69) is 4.98 Å². The second kappa shape index (κ2) is 4.01. The van der Waals surface area contributed by atoms with E-state index in [9.17, 15) is 18.0 Å². The predicted octanol–water partition coefficient (Wildman–Crippen LogP) is 3.08. The van der Waals surface area contributed by atoms with Gasteiger partial charge in [-0.25, -0.2) is 0 Å². The van der Waals surface area contributed by atoms with E-state index in [4.69, 9.17) is 11.6 Å². The van der Waals surface area contributed by atoms with Gasteiger partial charge in [0.2, 0.25) is 0 Å². The first-order chi connectivity index (χ1) is 6.32. The van der Waals surface area contributed by atoms with Gasteiger partial charge in [-0.15, -0.1) is 0 Å². The van der Waals surface area contributed by atoms with Crippen LogP contribution in [0.5, 0.6) is 0 Å². The molecule has 0 spiro atoms. The molecule has 0 bridgehead atoms. The summed E-state index contributed by atoms with van der Waals surface area (Å²) < 4.78 is 36.8. The first kappa shape index (κ1) is 11.7. The molecule has 7 heteroatoms. The predicted molar refractivity (Wildman–Crippen MR) is 52.1 cm³/mol. The van der Waals surface area contributed by atoms with Gasteiger partial charge in [-0.05, 0) is 40.3 Å². The van der Waals surface area contributed by atoms with Crippen molar-refractivity contribution >= 4 is 39.4 Å². The zero-order valence-electron chi connectivity index (χ0n) is 6.40. The van der Waals surface area contributed by atoms with Crippen molar-refractivity contribution in [2.75, 3.05) is 0 Å². The number of carbonyl (C=O) groups excluding carboxylic acids is 1. The van der Waals surface area contributed by atoms with Crippen molar-refractivity contribution < 1.29 is 18.0 Å². The van der Waals surface area contributed by atoms with Gasteiger partial charge >= 0.3 is 6.18 Å². The lowest BCUT2D eigenvalue weighted by Crippen LogP contribution is -2.10. The molecule has 0 unspecified atom stereocenters. The lowest BCUT2D eigenvalue weighted by molar-refractivity contribution is -0.138. The molecular weight excluding hydrogens is 333 g/mol. The van der Waals surface area contributed by atoms with Crippen molar-refractivity contribution in [1.29, 1.82) is 0 Å². The molecule has 0 saturated carbocycles. The smallest absolute Gasteiger partial charge is 0.274 e. The lowest BCUT2D eigenvalue weighted by atomic mass is 10.2. The normalized spacial score (nSPS) is 11.5. The second-order valence-corrected chi connectivity index (χ2v) is 3.83. The quantitative estimate of drug-likeness (QED) is 0.583. The van der Waals surface area contributed by atoms with Crippen molar-refractivity contribution in [3.05, 3.63) is 27.1 Å². The molecule has 14 heavy (non-hydrogen) atoms. The van der Waals surface area contributed by atoms with E-state index in [0.717, 1.165) is 6.20 Å². The third-order valence-corrected chi connectivity index (χ3v) is 2.42. The SMILES string of the molecule is O=C(Cl)c1cc(C(F)(F)F)c(I)cn1. The number of hydrogen-bond donors (Lipinski definition) is 0. The van der Waals surface area contributed by atoms with Crippen molar-refractivity contribution in [3.63, 3.8) is 0 Å². The summed E-state index contributed by atoms with van der Waals surface area (Å²) in [6.07, 6.45) is -3.54. The highest BCUT2D eigenvalue weighted by molar-refractivity contribution is 14.1. The highest BCUT2D eigenvalue weighted by Gasteiger charge is 2.33. The first-order valence-electron chi connectivity index (χ1n) is 3.25. The molecule has 1 aromatic heterocycles. The number of aromatic nitrogens is 1. The molecule has 0 aliphatic heterocycles. The minimum Gasteiger partial charge on any atom is -0.274 e. The fourth-order valence-corrected chi connectivity index (χ4v) is 1.47. The zero-order chi connectivity index (χ0) is 10.9. The number of nitrogens with zero attached hydrogens (tertiary/aromatic N) is 1. The van der Waals surface area contributed by atoms with Crippen LogP contribution in [0.2, 0.25) is 0 Å². The Morgan fingerprint density at radius 2 is 2.07 bits per heavy atom. The maximum Gasteiger partial charge on any atom is 0.417 e. The monoisotopic (exact) mass is 335 g/mol. The molecule has 2 nitrogen and oxygen atoms in total. The number of rotatable bonds is 1. The van der Waals surface area contributed by atoms with E-state index in [-0.39, 0.29) is 3.57 Å². The van der Waals surface area contributed by atoms with Crippen LogP contribution in [-0.4, -0.2) is 10.2 Å². The van der Waals surface area contributed by atoms with Gasteiger partial charge in [0.25, 0.3) is 5.24 Å². The maximum absolute atomic E-state index is 12.3. The Balaban J connectivity index is 3.29. The van der Waals surface area contributed by atoms with Crippen molar-refractivity contribution in [2.24, 2.45) is 0 Å². The summed E-state index contributed by atoms with van der Waals surface area (Å²) in [5.41, 5.74) is -1.31. The fourth-order valence-electron chi connectivity index (χ4n) is 0.763. The molecule has 1 aromatic rings. The van der Waals surface area contributed by atoms with Gasteiger partial charge in [-0.2, -0.15) is 13.2 Å². The molecular formula is C7H2ClF3INO. The topological polar surface area (TPSA) is 30.0 Å². The summed E-state index contributed by atoms with van der Waals surface area (Å²) >= 11 is 6.50. The Hall–Kier alpha value is -0.370. The number of halogens is 5. The number of hydrogen-bond acceptors (Lipinski definition) is 2. The van der Waals surface area contributed by atoms with Gasteiger partial charge < -0.3 is 0 Å². The molecule has 1 rings (SSSR count). The van der Waals surface area contributed by atoms with E-state index in [1.165, 1.54) is 22.6 Å². The van der Waals surface area contributed by atoms with Crippen molar-refractivity contribution in [1.82, 2.24) is 4.98 Å². The highest BCUT2D eigenvalue weighted by atomic mass is 127. The zero-order valence-corrected chi connectivity index (χ0v) is 9.31. The number of pyridine rings is 1. The molecule has 0 aliphatic rings. The minimum absolute atomic E-state index is 0.0724. The van der Waals surface area contributed by atoms with Gasteiger partial charge in [0.05, 0.1) is 5.56 Å². The summed E-state index contributed by atoms with van der Waals surface area (Å²) in [4.78, 5) is 14.0. The summed E-state index contributed by atoms with van der Waals surface area (Å²) in [7, 11) is 0. The van der Waals surface area contributed by atoms with Gasteiger partial charge in [-0.1, -0.05) is 0 Å². The van der Waals surface area contributed by atoms with Gasteiger partial charge in [-0.3, -0.25) is 9.78 Å². The van der Waals surface area contributed by atoms with Gasteiger partial charge in [0, 0.05) is 9.77 Å². The highest BCUT2D eigenvalue weighted by Crippen LogP contribution is 2.32. The molecule has 76 valence electrons. The van der Waals surface area contributed by atoms with Crippen molar-refractivity contribution in [3.8, 4) is 0 Å². The third-order valence-electron chi connectivity index (χ3n) is 1.36. The Morgan fingerprint density at radius 3 is 2.50 bits per heavy atom. The van der Waals surface area contributed by atoms with Crippen LogP contribution in [0.15, 0.2) is 12.3 Å². The Kier molecular flexibility index (Phi) is 3.36. The van der Waals surface area contributed by atoms with Crippen LogP contribution >= 0.6 is 34.2 Å². The molecule has 1 heterocycles. The molecule has 0 atom stereocenters. The Morgan fingerprint density at radius 1 is 1.50 bits per heavy atom. The minimum atomic E-state index is -4.50. The first-order valence-corrected chi connectivity index (χ1v) is 4.70.